The maximum Gasteiger partial charge on any atom is 0.265 e. The number of para-hydroxylation sites is 2. The zero-order chi connectivity index (χ0) is 21.6. The number of carbonyl (C=O) groups is 2. The van der Waals surface area contributed by atoms with Gasteiger partial charge >= 0.3 is 0 Å². The van der Waals surface area contributed by atoms with Gasteiger partial charge in [-0.2, -0.15) is 0 Å². The zero-order valence-electron chi connectivity index (χ0n) is 17.6. The number of hydrogen-bond donors (Lipinski definition) is 1. The zero-order valence-corrected chi connectivity index (χ0v) is 18.3. The number of amides is 2. The molecule has 0 bridgehead atoms. The van der Waals surface area contributed by atoms with Crippen LogP contribution in [0.25, 0.3) is 0 Å². The van der Waals surface area contributed by atoms with Crippen molar-refractivity contribution in [2.24, 2.45) is 0 Å². The van der Waals surface area contributed by atoms with Crippen LogP contribution >= 0.6 is 11.6 Å². The molecule has 1 N–H and O–H groups in total. The van der Waals surface area contributed by atoms with Gasteiger partial charge in [-0.3, -0.25) is 9.59 Å². The molecule has 7 heteroatoms. The molecule has 2 aromatic carbocycles. The first-order valence-corrected chi connectivity index (χ1v) is 11.3. The molecular weight excluding hydrogens is 414 g/mol. The van der Waals surface area contributed by atoms with E-state index in [9.17, 15) is 9.59 Å². The van der Waals surface area contributed by atoms with E-state index in [2.05, 4.69) is 5.32 Å². The lowest BCUT2D eigenvalue weighted by Gasteiger charge is -2.38. The predicted octanol–water partition coefficient (Wildman–Crippen LogP) is 3.28. The van der Waals surface area contributed by atoms with Gasteiger partial charge < -0.3 is 19.9 Å². The number of carbonyl (C=O) groups excluding carboxylic acids is 2. The van der Waals surface area contributed by atoms with Crippen LogP contribution in [0, 0.1) is 0 Å². The van der Waals surface area contributed by atoms with Gasteiger partial charge in [0.05, 0.1) is 18.8 Å². The molecule has 2 aliphatic heterocycles. The quantitative estimate of drug-likeness (QED) is 0.747. The van der Waals surface area contributed by atoms with E-state index >= 15 is 0 Å². The Morgan fingerprint density at radius 3 is 2.68 bits per heavy atom. The third-order valence-electron chi connectivity index (χ3n) is 5.76. The highest BCUT2D eigenvalue weighted by Crippen LogP contribution is 2.33. The fourth-order valence-corrected chi connectivity index (χ4v) is 4.38. The van der Waals surface area contributed by atoms with Crippen LogP contribution in [0.2, 0.25) is 5.02 Å². The number of hydrogen-bond acceptors (Lipinski definition) is 4. The molecule has 6 nitrogen and oxygen atoms in total. The SMILES string of the molecule is O=C(CN1CC(C(=O)N2CCCCC2)Oc2ccccc21)NCCc1cccc(Cl)c1. The van der Waals surface area contributed by atoms with Crippen molar-refractivity contribution in [3.63, 3.8) is 0 Å². The molecule has 0 aromatic heterocycles. The minimum atomic E-state index is -0.590. The van der Waals surface area contributed by atoms with Crippen molar-refractivity contribution in [2.45, 2.75) is 31.8 Å². The summed E-state index contributed by atoms with van der Waals surface area (Å²) in [6, 6.07) is 15.2. The van der Waals surface area contributed by atoms with E-state index in [4.69, 9.17) is 16.3 Å². The summed E-state index contributed by atoms with van der Waals surface area (Å²) < 4.78 is 6.03. The fourth-order valence-electron chi connectivity index (χ4n) is 4.17. The summed E-state index contributed by atoms with van der Waals surface area (Å²) in [5.74, 6) is 0.583. The summed E-state index contributed by atoms with van der Waals surface area (Å²) in [5.41, 5.74) is 1.92. The van der Waals surface area contributed by atoms with Crippen LogP contribution < -0.4 is 15.0 Å². The van der Waals surface area contributed by atoms with Crippen LogP contribution in [-0.2, 0) is 16.0 Å². The number of benzene rings is 2. The lowest BCUT2D eigenvalue weighted by Crippen LogP contribution is -2.53. The number of anilines is 1. The van der Waals surface area contributed by atoms with E-state index in [0.29, 0.717) is 30.3 Å². The van der Waals surface area contributed by atoms with Gasteiger partial charge in [-0.1, -0.05) is 35.9 Å². The second-order valence-electron chi connectivity index (χ2n) is 8.07. The maximum atomic E-state index is 13.0. The minimum Gasteiger partial charge on any atom is -0.477 e. The predicted molar refractivity (Wildman–Crippen MR) is 122 cm³/mol. The molecular formula is C24H28ClN3O3. The first kappa shape index (κ1) is 21.5. The lowest BCUT2D eigenvalue weighted by atomic mass is 10.1. The topological polar surface area (TPSA) is 61.9 Å². The van der Waals surface area contributed by atoms with E-state index in [1.165, 1.54) is 6.42 Å². The highest BCUT2D eigenvalue weighted by atomic mass is 35.5. The third-order valence-corrected chi connectivity index (χ3v) is 6.00. The van der Waals surface area contributed by atoms with Crippen molar-refractivity contribution in [3.05, 3.63) is 59.1 Å². The number of ether oxygens (including phenoxy) is 1. The van der Waals surface area contributed by atoms with Crippen LogP contribution in [0.4, 0.5) is 5.69 Å². The summed E-state index contributed by atoms with van der Waals surface area (Å²) in [5, 5.41) is 3.67. The molecule has 1 saturated heterocycles. The molecule has 0 radical (unpaired) electrons. The van der Waals surface area contributed by atoms with E-state index in [1.54, 1.807) is 0 Å². The lowest BCUT2D eigenvalue weighted by molar-refractivity contribution is -0.139. The van der Waals surface area contributed by atoms with E-state index in [-0.39, 0.29) is 18.4 Å². The van der Waals surface area contributed by atoms with Gasteiger partial charge in [0.1, 0.15) is 5.75 Å². The summed E-state index contributed by atoms with van der Waals surface area (Å²) in [7, 11) is 0. The maximum absolute atomic E-state index is 13.0. The van der Waals surface area contributed by atoms with Crippen LogP contribution in [0.3, 0.4) is 0 Å². The molecule has 1 atom stereocenters. The molecule has 0 spiro atoms. The average molecular weight is 442 g/mol. The van der Waals surface area contributed by atoms with Crippen molar-refractivity contribution >= 4 is 29.1 Å². The number of rotatable bonds is 6. The normalized spacial score (nSPS) is 18.2. The van der Waals surface area contributed by atoms with Crippen LogP contribution in [0.5, 0.6) is 5.75 Å². The number of nitrogens with one attached hydrogen (secondary N) is 1. The fraction of sp³-hybridized carbons (Fsp3) is 0.417. The van der Waals surface area contributed by atoms with Gasteiger partial charge in [0.2, 0.25) is 5.91 Å². The number of fused-ring (bicyclic) bond motifs is 1. The van der Waals surface area contributed by atoms with Crippen LogP contribution in [-0.4, -0.2) is 55.5 Å². The number of likely N-dealkylation sites (tertiary alicyclic amines) is 1. The largest absolute Gasteiger partial charge is 0.477 e. The number of halogens is 1. The van der Waals surface area contributed by atoms with Crippen molar-refractivity contribution in [2.75, 3.05) is 37.6 Å². The van der Waals surface area contributed by atoms with E-state index in [0.717, 1.165) is 37.2 Å². The Bertz CT molecular complexity index is 930. The highest BCUT2D eigenvalue weighted by Gasteiger charge is 2.34. The van der Waals surface area contributed by atoms with Crippen molar-refractivity contribution in [1.29, 1.82) is 0 Å². The molecule has 31 heavy (non-hydrogen) atoms. The van der Waals surface area contributed by atoms with E-state index in [1.807, 2.05) is 58.3 Å². The minimum absolute atomic E-state index is 0.0144. The monoisotopic (exact) mass is 441 g/mol. The smallest absolute Gasteiger partial charge is 0.265 e. The van der Waals surface area contributed by atoms with Gasteiger partial charge in [-0.25, -0.2) is 0 Å². The molecule has 0 saturated carbocycles. The van der Waals surface area contributed by atoms with Crippen LogP contribution in [0.1, 0.15) is 24.8 Å². The first-order chi connectivity index (χ1) is 15.1. The molecule has 1 fully saturated rings. The molecule has 2 aromatic rings. The Morgan fingerprint density at radius 1 is 1.06 bits per heavy atom. The van der Waals surface area contributed by atoms with Crippen molar-refractivity contribution in [3.8, 4) is 5.75 Å². The Morgan fingerprint density at radius 2 is 1.87 bits per heavy atom. The summed E-state index contributed by atoms with van der Waals surface area (Å²) in [4.78, 5) is 29.5. The Kier molecular flexibility index (Phi) is 6.97. The molecule has 0 aliphatic carbocycles. The second kappa shape index (κ2) is 10.1. The third kappa shape index (κ3) is 5.50. The van der Waals surface area contributed by atoms with Gasteiger partial charge in [0.15, 0.2) is 6.10 Å². The molecule has 2 aliphatic rings. The van der Waals surface area contributed by atoms with Gasteiger partial charge in [-0.05, 0) is 55.5 Å². The molecule has 1 unspecified atom stereocenters. The summed E-state index contributed by atoms with van der Waals surface area (Å²) >= 11 is 6.02. The van der Waals surface area contributed by atoms with Gasteiger partial charge in [0.25, 0.3) is 5.91 Å². The Hall–Kier alpha value is -2.73. The Labute approximate surface area is 188 Å². The molecule has 4 rings (SSSR count). The van der Waals surface area contributed by atoms with E-state index < -0.39 is 6.10 Å². The van der Waals surface area contributed by atoms with Crippen LogP contribution in [0.15, 0.2) is 48.5 Å². The first-order valence-electron chi connectivity index (χ1n) is 10.9. The van der Waals surface area contributed by atoms with Crippen molar-refractivity contribution in [1.82, 2.24) is 10.2 Å². The van der Waals surface area contributed by atoms with Gasteiger partial charge in [0, 0.05) is 24.7 Å². The highest BCUT2D eigenvalue weighted by molar-refractivity contribution is 6.30. The summed E-state index contributed by atoms with van der Waals surface area (Å²) in [6.45, 7) is 2.64. The van der Waals surface area contributed by atoms with Gasteiger partial charge in [-0.15, -0.1) is 0 Å². The summed E-state index contributed by atoms with van der Waals surface area (Å²) in [6.07, 6.45) is 3.36. The second-order valence-corrected chi connectivity index (χ2v) is 8.51. The Balaban J connectivity index is 1.37. The molecule has 2 amide bonds. The standard InChI is InChI=1S/C24H28ClN3O3/c25-19-8-6-7-18(15-19)11-12-26-23(29)17-28-16-22(24(30)27-13-4-1-5-14-27)31-21-10-3-2-9-20(21)28/h2-3,6-10,15,22H,1,4-5,11-14,16-17H2,(H,26,29). The number of piperidine rings is 1. The molecule has 2 heterocycles. The number of nitrogens with zero attached hydrogens (tertiary/aromatic N) is 2. The molecule has 164 valence electrons. The van der Waals surface area contributed by atoms with Crippen molar-refractivity contribution < 1.29 is 14.3 Å². The average Bonchev–Trinajstić information content (AvgIpc) is 2.79.